The third-order valence-electron chi connectivity index (χ3n) is 23.0. The third-order valence-corrected chi connectivity index (χ3v) is 24.1. The van der Waals surface area contributed by atoms with Gasteiger partial charge < -0.3 is 65.2 Å². The summed E-state index contributed by atoms with van der Waals surface area (Å²) in [5.41, 5.74) is -1.69. The number of rotatable bonds is 14. The van der Waals surface area contributed by atoms with Gasteiger partial charge in [0.1, 0.15) is 53.9 Å². The first kappa shape index (κ1) is 83.3. The topological polar surface area (TPSA) is 288 Å². The fourth-order valence-electron chi connectivity index (χ4n) is 15.7. The number of carbonyl (C=O) groups excluding carboxylic acids is 12. The Morgan fingerprint density at radius 2 is 1.21 bits per heavy atom. The Morgan fingerprint density at radius 1 is 0.570 bits per heavy atom. The van der Waals surface area contributed by atoms with Crippen molar-refractivity contribution < 1.29 is 62.3 Å². The minimum Gasteiger partial charge on any atom is -0.381 e. The number of ether oxygens (including phenoxy) is 1. The number of likely N-dealkylation sites (tertiary alicyclic amines) is 1. The second-order valence-electron chi connectivity index (χ2n) is 31.9. The zero-order valence-electron chi connectivity index (χ0n) is 63.4. The van der Waals surface area contributed by atoms with Crippen molar-refractivity contribution in [1.82, 2.24) is 60.5 Å². The Morgan fingerprint density at radius 3 is 1.81 bits per heavy atom. The SMILES string of the molecule is CC[C@H](C)[C@@H]1NC(=O)[C@H](CC(C)C)N(C)C(=O)C[C@@H](C(=O)N2CCCCC2)N(C)C(=O)[C@H](CC(C)C)NC(=O)C(C)(C)N(C)C(=O)[C@H](CC2CCCCC2OC)NC(=O)[C@H](CC2CCCC(I)C2)NC(=O)CN(C)C(=O)[C@H](CC2CCC(C)CC2)N(C)C(=O)[C@@H]2CCN2C(=O)CN(C)C1=O. The van der Waals surface area contributed by atoms with Crippen LogP contribution in [0.15, 0.2) is 0 Å². The molecule has 0 aromatic rings. The average Bonchev–Trinajstić information content (AvgIpc) is 0.796. The maximum atomic E-state index is 15.5. The van der Waals surface area contributed by atoms with Crippen molar-refractivity contribution in [2.24, 2.45) is 41.4 Å². The molecule has 3 saturated carbocycles. The van der Waals surface area contributed by atoms with Crippen LogP contribution >= 0.6 is 22.6 Å². The summed E-state index contributed by atoms with van der Waals surface area (Å²) in [6.45, 7) is 16.6. The predicted molar refractivity (Wildman–Crippen MR) is 391 cm³/mol. The van der Waals surface area contributed by atoms with Gasteiger partial charge >= 0.3 is 0 Å². The Hall–Kier alpha value is -5.67. The van der Waals surface area contributed by atoms with Crippen LogP contribution < -0.4 is 21.3 Å². The van der Waals surface area contributed by atoms with Gasteiger partial charge in [-0.15, -0.1) is 0 Å². The first-order valence-corrected chi connectivity index (χ1v) is 38.9. The molecule has 0 aromatic heterocycles. The van der Waals surface area contributed by atoms with Crippen LogP contribution in [-0.4, -0.2) is 256 Å². The molecule has 25 nitrogen and oxygen atoms in total. The van der Waals surface area contributed by atoms with Gasteiger partial charge in [0.2, 0.25) is 70.9 Å². The molecular weight excluding hydrogens is 1390 g/mol. The van der Waals surface area contributed by atoms with E-state index in [4.69, 9.17) is 4.74 Å². The highest BCUT2D eigenvalue weighted by Gasteiger charge is 2.47. The molecule has 12 amide bonds. The number of carbonyl (C=O) groups is 12. The number of likely N-dealkylation sites (N-methyl/N-ethyl adjacent to an activating group) is 6. The van der Waals surface area contributed by atoms with Gasteiger partial charge in [-0.05, 0) is 139 Å². The number of piperidine rings is 1. The van der Waals surface area contributed by atoms with E-state index in [0.29, 0.717) is 61.5 Å². The van der Waals surface area contributed by atoms with Gasteiger partial charge in [0.15, 0.2) is 0 Å². The van der Waals surface area contributed by atoms with Gasteiger partial charge in [-0.1, -0.05) is 129 Å². The van der Waals surface area contributed by atoms with E-state index < -0.39 is 150 Å². The van der Waals surface area contributed by atoms with E-state index in [9.17, 15) is 28.8 Å². The Balaban J connectivity index is 1.44. The molecule has 566 valence electrons. The summed E-state index contributed by atoms with van der Waals surface area (Å²) in [5.74, 6) is -7.38. The molecule has 6 fully saturated rings. The molecule has 4 N–H and O–H groups in total. The summed E-state index contributed by atoms with van der Waals surface area (Å²) in [7, 11) is 10.5. The molecule has 3 heterocycles. The summed E-state index contributed by atoms with van der Waals surface area (Å²) >= 11 is 2.43. The van der Waals surface area contributed by atoms with Gasteiger partial charge in [-0.3, -0.25) is 57.5 Å². The monoisotopic (exact) mass is 1520 g/mol. The summed E-state index contributed by atoms with van der Waals surface area (Å²) in [6.07, 6.45) is 13.5. The fraction of sp³-hybridized carbons (Fsp3) is 0.838. The van der Waals surface area contributed by atoms with Gasteiger partial charge in [-0.2, -0.15) is 0 Å². The van der Waals surface area contributed by atoms with E-state index in [-0.39, 0.29) is 67.9 Å². The van der Waals surface area contributed by atoms with Crippen LogP contribution in [0.4, 0.5) is 0 Å². The lowest BCUT2D eigenvalue weighted by Crippen LogP contribution is -2.64. The number of fused-ring (bicyclic) bond motifs is 1. The van der Waals surface area contributed by atoms with Gasteiger partial charge in [0, 0.05) is 73.0 Å². The minimum atomic E-state index is -1.69. The molecule has 0 radical (unpaired) electrons. The van der Waals surface area contributed by atoms with Crippen molar-refractivity contribution in [2.45, 2.75) is 274 Å². The van der Waals surface area contributed by atoms with Crippen LogP contribution in [-0.2, 0) is 62.3 Å². The number of alkyl halides is 1. The van der Waals surface area contributed by atoms with E-state index in [2.05, 4.69) is 50.8 Å². The lowest BCUT2D eigenvalue weighted by Gasteiger charge is -2.44. The lowest BCUT2D eigenvalue weighted by atomic mass is 9.79. The largest absolute Gasteiger partial charge is 0.381 e. The predicted octanol–water partition coefficient (Wildman–Crippen LogP) is 5.91. The first-order chi connectivity index (χ1) is 47.1. The first-order valence-electron chi connectivity index (χ1n) is 37.6. The standard InChI is InChI=1S/C74H125IN12O13/c1-17-48(7)64-72(98)81(11)44-63(90)87-35-32-56(87)70(96)84(14)58(40-49-30-28-47(6)29-31-49)69(95)80(10)43-61(88)76-53(39-50-24-23-26-52(75)38-50)65(91)77-55(41-51-25-19-20-27-60(51)100-16)68(94)85(15)74(8,9)73(99)78-54(36-45(2)3)67(93)83(13)59(71(97)86-33-21-18-22-34-86)42-62(89)82(12)57(37-46(4)5)66(92)79-64/h45-60,64H,17-44H2,1-16H3,(H,76,88)(H,77,91)(H,78,99)(H,79,92)/t47?,48-,49?,50?,51?,52?,53-,54-,55-,56-,57-,58-,59-,60?,64-/m0/s1. The van der Waals surface area contributed by atoms with Crippen LogP contribution in [0.3, 0.4) is 0 Å². The number of nitrogens with one attached hydrogen (secondary N) is 4. The molecule has 13 atom stereocenters. The molecule has 3 saturated heterocycles. The molecular formula is C74H125IN12O13. The van der Waals surface area contributed by atoms with Crippen LogP contribution in [0, 0.1) is 41.4 Å². The Kier molecular flexibility index (Phi) is 31.8. The fourth-order valence-corrected chi connectivity index (χ4v) is 16.9. The number of nitrogens with zero attached hydrogens (tertiary/aromatic N) is 8. The highest BCUT2D eigenvalue weighted by molar-refractivity contribution is 14.1. The summed E-state index contributed by atoms with van der Waals surface area (Å²) in [5, 5.41) is 12.0. The Bertz CT molecular complexity index is 2850. The maximum Gasteiger partial charge on any atom is 0.246 e. The van der Waals surface area contributed by atoms with Crippen LogP contribution in [0.1, 0.15) is 210 Å². The zero-order chi connectivity index (χ0) is 74.2. The zero-order valence-corrected chi connectivity index (χ0v) is 65.5. The molecule has 0 bridgehead atoms. The molecule has 0 spiro atoms. The van der Waals surface area contributed by atoms with Gasteiger partial charge in [0.25, 0.3) is 0 Å². The van der Waals surface area contributed by atoms with Gasteiger partial charge in [-0.25, -0.2) is 0 Å². The van der Waals surface area contributed by atoms with Crippen molar-refractivity contribution in [3.05, 3.63) is 0 Å². The molecule has 6 rings (SSSR count). The van der Waals surface area contributed by atoms with Gasteiger partial charge in [0.05, 0.1) is 25.6 Å². The number of methoxy groups -OCH3 is 1. The van der Waals surface area contributed by atoms with Crippen LogP contribution in [0.25, 0.3) is 0 Å². The highest BCUT2D eigenvalue weighted by atomic mass is 127. The van der Waals surface area contributed by atoms with Crippen molar-refractivity contribution in [2.75, 3.05) is 82.1 Å². The molecule has 3 aliphatic carbocycles. The van der Waals surface area contributed by atoms with E-state index in [0.717, 1.165) is 77.0 Å². The van der Waals surface area contributed by atoms with E-state index in [1.807, 2.05) is 34.6 Å². The van der Waals surface area contributed by atoms with Crippen molar-refractivity contribution >= 4 is 93.5 Å². The lowest BCUT2D eigenvalue weighted by molar-refractivity contribution is -0.158. The minimum absolute atomic E-state index is 0.0284. The second-order valence-corrected chi connectivity index (χ2v) is 33.7. The smallest absolute Gasteiger partial charge is 0.246 e. The highest BCUT2D eigenvalue weighted by Crippen LogP contribution is 2.36. The molecule has 6 aliphatic rings. The number of hydrogen-bond donors (Lipinski definition) is 4. The van der Waals surface area contributed by atoms with Crippen molar-refractivity contribution in [3.63, 3.8) is 0 Å². The molecule has 100 heavy (non-hydrogen) atoms. The number of hydrogen-bond acceptors (Lipinski definition) is 13. The quantitative estimate of drug-likeness (QED) is 0.116. The van der Waals surface area contributed by atoms with Crippen molar-refractivity contribution in [1.29, 1.82) is 0 Å². The number of amides is 12. The summed E-state index contributed by atoms with van der Waals surface area (Å²) in [6, 6.07) is -9.34. The molecule has 4 unspecified atom stereocenters. The molecule has 3 aliphatic heterocycles. The van der Waals surface area contributed by atoms with E-state index >= 15 is 28.8 Å². The summed E-state index contributed by atoms with van der Waals surface area (Å²) in [4.78, 5) is 191. The van der Waals surface area contributed by atoms with Crippen LogP contribution in [0.2, 0.25) is 0 Å². The third kappa shape index (κ3) is 22.2. The number of halogens is 1. The average molecular weight is 1520 g/mol. The Labute approximate surface area is 610 Å². The molecule has 0 aromatic carbocycles. The van der Waals surface area contributed by atoms with Crippen LogP contribution in [0.5, 0.6) is 0 Å². The normalized spacial score (nSPS) is 31.7. The maximum absolute atomic E-state index is 15.5. The summed E-state index contributed by atoms with van der Waals surface area (Å²) < 4.78 is 6.33. The van der Waals surface area contributed by atoms with Crippen molar-refractivity contribution in [3.8, 4) is 0 Å². The van der Waals surface area contributed by atoms with E-state index in [1.54, 1.807) is 39.8 Å². The second kappa shape index (κ2) is 38.2. The van der Waals surface area contributed by atoms with E-state index in [1.165, 1.54) is 69.5 Å². The molecule has 26 heteroatoms.